The van der Waals surface area contributed by atoms with Gasteiger partial charge in [-0.05, 0) is 6.07 Å². The van der Waals surface area contributed by atoms with Gasteiger partial charge < -0.3 is 15.2 Å². The molecule has 0 heterocycles. The maximum atomic E-state index is 13.2. The van der Waals surface area contributed by atoms with Crippen molar-refractivity contribution in [3.63, 3.8) is 0 Å². The summed E-state index contributed by atoms with van der Waals surface area (Å²) >= 11 is 5.65. The number of esters is 1. The second-order valence-corrected chi connectivity index (χ2v) is 3.80. The lowest BCUT2D eigenvalue weighted by molar-refractivity contribution is -0.141. The Balaban J connectivity index is 3.03. The van der Waals surface area contributed by atoms with E-state index in [0.717, 1.165) is 6.07 Å². The molecule has 0 saturated heterocycles. The van der Waals surface area contributed by atoms with E-state index in [-0.39, 0.29) is 17.2 Å². The van der Waals surface area contributed by atoms with Gasteiger partial charge in [-0.2, -0.15) is 0 Å². The first-order valence-corrected chi connectivity index (χ1v) is 5.22. The van der Waals surface area contributed by atoms with Gasteiger partial charge in [0.05, 0.1) is 25.7 Å². The molecule has 1 unspecified atom stereocenters. The Hall–Kier alpha value is -1.33. The van der Waals surface area contributed by atoms with Crippen LogP contribution in [0, 0.1) is 5.82 Å². The van der Waals surface area contributed by atoms with E-state index in [9.17, 15) is 9.18 Å². The third-order valence-corrected chi connectivity index (χ3v) is 2.58. The van der Waals surface area contributed by atoms with Crippen molar-refractivity contribution in [1.82, 2.24) is 0 Å². The summed E-state index contributed by atoms with van der Waals surface area (Å²) in [4.78, 5) is 11.1. The largest absolute Gasteiger partial charge is 0.496 e. The summed E-state index contributed by atoms with van der Waals surface area (Å²) in [5, 5.41) is -0.0684. The van der Waals surface area contributed by atoms with Gasteiger partial charge in [-0.15, -0.1) is 0 Å². The van der Waals surface area contributed by atoms with Crippen LogP contribution in [0.25, 0.3) is 0 Å². The maximum absolute atomic E-state index is 13.2. The van der Waals surface area contributed by atoms with E-state index in [0.29, 0.717) is 5.56 Å². The Morgan fingerprint density at radius 1 is 1.53 bits per heavy atom. The molecule has 4 nitrogen and oxygen atoms in total. The molecule has 0 bridgehead atoms. The fourth-order valence-corrected chi connectivity index (χ4v) is 1.56. The molecule has 1 aromatic rings. The highest BCUT2D eigenvalue weighted by atomic mass is 35.5. The van der Waals surface area contributed by atoms with E-state index in [4.69, 9.17) is 22.1 Å². The average molecular weight is 262 g/mol. The number of benzene rings is 1. The molecule has 0 aromatic heterocycles. The molecule has 0 radical (unpaired) electrons. The van der Waals surface area contributed by atoms with E-state index < -0.39 is 17.8 Å². The second kappa shape index (κ2) is 5.84. The monoisotopic (exact) mass is 261 g/mol. The number of carbonyl (C=O) groups is 1. The number of hydrogen-bond acceptors (Lipinski definition) is 4. The number of halogens is 2. The number of carbonyl (C=O) groups excluding carboxylic acids is 1. The Morgan fingerprint density at radius 3 is 2.71 bits per heavy atom. The SMILES string of the molecule is COC(=O)CC(N)c1cc(Cl)c(F)cc1OC. The highest BCUT2D eigenvalue weighted by molar-refractivity contribution is 6.30. The van der Waals surface area contributed by atoms with Crippen molar-refractivity contribution in [3.05, 3.63) is 28.5 Å². The molecule has 0 spiro atoms. The van der Waals surface area contributed by atoms with E-state index >= 15 is 0 Å². The van der Waals surface area contributed by atoms with Gasteiger partial charge in [-0.3, -0.25) is 4.79 Å². The molecular weight excluding hydrogens is 249 g/mol. The third-order valence-electron chi connectivity index (χ3n) is 2.29. The van der Waals surface area contributed by atoms with Crippen molar-refractivity contribution in [2.24, 2.45) is 5.73 Å². The topological polar surface area (TPSA) is 61.5 Å². The Bertz CT molecular complexity index is 425. The van der Waals surface area contributed by atoms with Crippen LogP contribution in [-0.4, -0.2) is 20.2 Å². The maximum Gasteiger partial charge on any atom is 0.307 e. The summed E-state index contributed by atoms with van der Waals surface area (Å²) in [6.07, 6.45) is -0.0329. The molecule has 0 amide bonds. The van der Waals surface area contributed by atoms with Gasteiger partial charge in [0.1, 0.15) is 11.6 Å². The minimum absolute atomic E-state index is 0.0329. The standard InChI is InChI=1S/C11H13ClFNO3/c1-16-10-4-8(13)7(12)3-6(10)9(14)5-11(15)17-2/h3-4,9H,5,14H2,1-2H3. The lowest BCUT2D eigenvalue weighted by Gasteiger charge is -2.15. The zero-order valence-electron chi connectivity index (χ0n) is 9.50. The van der Waals surface area contributed by atoms with Gasteiger partial charge in [-0.25, -0.2) is 4.39 Å². The lowest BCUT2D eigenvalue weighted by atomic mass is 10.0. The summed E-state index contributed by atoms with van der Waals surface area (Å²) in [5.74, 6) is -0.805. The normalized spacial score (nSPS) is 12.1. The van der Waals surface area contributed by atoms with Crippen LogP contribution < -0.4 is 10.5 Å². The van der Waals surface area contributed by atoms with Gasteiger partial charge in [-0.1, -0.05) is 11.6 Å². The van der Waals surface area contributed by atoms with Crippen molar-refractivity contribution in [2.75, 3.05) is 14.2 Å². The van der Waals surface area contributed by atoms with E-state index in [1.807, 2.05) is 0 Å². The van der Waals surface area contributed by atoms with Crippen LogP contribution in [0.3, 0.4) is 0 Å². The van der Waals surface area contributed by atoms with Gasteiger partial charge in [0, 0.05) is 17.7 Å². The summed E-state index contributed by atoms with van der Waals surface area (Å²) in [6.45, 7) is 0. The summed E-state index contributed by atoms with van der Waals surface area (Å²) in [6, 6.07) is 1.83. The van der Waals surface area contributed by atoms with Crippen molar-refractivity contribution in [2.45, 2.75) is 12.5 Å². The fraction of sp³-hybridized carbons (Fsp3) is 0.364. The summed E-state index contributed by atoms with van der Waals surface area (Å²) in [5.41, 5.74) is 6.27. The zero-order chi connectivity index (χ0) is 13.0. The van der Waals surface area contributed by atoms with Gasteiger partial charge in [0.25, 0.3) is 0 Å². The number of ether oxygens (including phenoxy) is 2. The predicted octanol–water partition coefficient (Wildman–Crippen LogP) is 2.05. The van der Waals surface area contributed by atoms with Crippen molar-refractivity contribution in [3.8, 4) is 5.75 Å². The van der Waals surface area contributed by atoms with Crippen LogP contribution in [0.15, 0.2) is 12.1 Å². The van der Waals surface area contributed by atoms with Crippen molar-refractivity contribution >= 4 is 17.6 Å². The molecule has 0 aliphatic heterocycles. The van der Waals surface area contributed by atoms with Crippen LogP contribution in [0.4, 0.5) is 4.39 Å². The summed E-state index contributed by atoms with van der Waals surface area (Å²) < 4.78 is 22.7. The minimum Gasteiger partial charge on any atom is -0.496 e. The van der Waals surface area contributed by atoms with E-state index in [2.05, 4.69) is 4.74 Å². The molecule has 1 atom stereocenters. The van der Waals surface area contributed by atoms with Crippen LogP contribution in [0.1, 0.15) is 18.0 Å². The molecule has 1 aromatic carbocycles. The minimum atomic E-state index is -0.657. The zero-order valence-corrected chi connectivity index (χ0v) is 10.3. The number of nitrogens with two attached hydrogens (primary N) is 1. The third kappa shape index (κ3) is 3.31. The van der Waals surface area contributed by atoms with Gasteiger partial charge in [0.15, 0.2) is 0 Å². The first kappa shape index (κ1) is 13.7. The van der Waals surface area contributed by atoms with Crippen LogP contribution in [0.2, 0.25) is 5.02 Å². The number of hydrogen-bond donors (Lipinski definition) is 1. The van der Waals surface area contributed by atoms with Crippen molar-refractivity contribution in [1.29, 1.82) is 0 Å². The molecular formula is C11H13ClFNO3. The highest BCUT2D eigenvalue weighted by Crippen LogP contribution is 2.31. The Morgan fingerprint density at radius 2 is 2.18 bits per heavy atom. The van der Waals surface area contributed by atoms with Crippen molar-refractivity contribution < 1.29 is 18.7 Å². The highest BCUT2D eigenvalue weighted by Gasteiger charge is 2.18. The van der Waals surface area contributed by atoms with Crippen LogP contribution in [0.5, 0.6) is 5.75 Å². The Labute approximate surface area is 103 Å². The molecule has 6 heteroatoms. The molecule has 0 aliphatic carbocycles. The smallest absolute Gasteiger partial charge is 0.307 e. The van der Waals surface area contributed by atoms with E-state index in [1.165, 1.54) is 20.3 Å². The van der Waals surface area contributed by atoms with Gasteiger partial charge in [0.2, 0.25) is 0 Å². The van der Waals surface area contributed by atoms with E-state index in [1.54, 1.807) is 0 Å². The van der Waals surface area contributed by atoms with Crippen LogP contribution >= 0.6 is 11.6 Å². The molecule has 1 rings (SSSR count). The number of methoxy groups -OCH3 is 2. The molecule has 2 N–H and O–H groups in total. The second-order valence-electron chi connectivity index (χ2n) is 3.40. The molecule has 17 heavy (non-hydrogen) atoms. The summed E-state index contributed by atoms with van der Waals surface area (Å²) in [7, 11) is 2.65. The van der Waals surface area contributed by atoms with Gasteiger partial charge >= 0.3 is 5.97 Å². The molecule has 0 fully saturated rings. The average Bonchev–Trinajstić information content (AvgIpc) is 2.31. The Kier molecular flexibility index (Phi) is 4.72. The molecule has 94 valence electrons. The molecule has 0 saturated carbocycles. The number of rotatable bonds is 4. The lowest BCUT2D eigenvalue weighted by Crippen LogP contribution is -2.17. The first-order valence-electron chi connectivity index (χ1n) is 4.85. The fourth-order valence-electron chi connectivity index (χ4n) is 1.38. The first-order chi connectivity index (χ1) is 7.99. The van der Waals surface area contributed by atoms with Crippen LogP contribution in [-0.2, 0) is 9.53 Å². The molecule has 0 aliphatic rings. The predicted molar refractivity (Wildman–Crippen MR) is 61.5 cm³/mol. The quantitative estimate of drug-likeness (QED) is 0.843.